The molecule has 0 fully saturated rings. The molecular weight excluding hydrogens is 491 g/mol. The molecule has 0 saturated carbocycles. The Morgan fingerprint density at radius 3 is 2.83 bits per heavy atom. The smallest absolute Gasteiger partial charge is 0.411 e. The fourth-order valence-corrected chi connectivity index (χ4v) is 3.82. The van der Waals surface area contributed by atoms with E-state index in [0.717, 1.165) is 0 Å². The summed E-state index contributed by atoms with van der Waals surface area (Å²) in [6.07, 6.45) is 1.00. The fourth-order valence-electron chi connectivity index (χ4n) is 3.59. The van der Waals surface area contributed by atoms with Gasteiger partial charge in [0.25, 0.3) is 5.91 Å². The first-order valence-electron chi connectivity index (χ1n) is 10.4. The maximum atomic E-state index is 13.1. The molecule has 9 nitrogen and oxygen atoms in total. The highest BCUT2D eigenvalue weighted by Gasteiger charge is 2.34. The van der Waals surface area contributed by atoms with Crippen molar-refractivity contribution in [3.8, 4) is 0 Å². The van der Waals surface area contributed by atoms with Gasteiger partial charge in [0.2, 0.25) is 5.91 Å². The third kappa shape index (κ3) is 5.77. The number of ether oxygens (including phenoxy) is 1. The molecule has 3 aromatic rings. The van der Waals surface area contributed by atoms with Crippen LogP contribution in [0.1, 0.15) is 45.8 Å². The maximum Gasteiger partial charge on any atom is 0.411 e. The van der Waals surface area contributed by atoms with E-state index in [9.17, 15) is 22.8 Å². The molecule has 3 aromatic heterocycles. The van der Waals surface area contributed by atoms with E-state index < -0.39 is 25.4 Å². The van der Waals surface area contributed by atoms with Crippen molar-refractivity contribution in [2.24, 2.45) is 0 Å². The van der Waals surface area contributed by atoms with Gasteiger partial charge in [-0.05, 0) is 24.6 Å². The molecule has 0 saturated heterocycles. The number of pyridine rings is 2. The fraction of sp³-hybridized carbons (Fsp3) is 0.318. The van der Waals surface area contributed by atoms with E-state index >= 15 is 0 Å². The molecule has 1 atom stereocenters. The van der Waals surface area contributed by atoms with Crippen LogP contribution in [0.15, 0.2) is 41.6 Å². The molecule has 1 unspecified atom stereocenters. The average molecular weight is 510 g/mol. The Bertz CT molecular complexity index is 1240. The summed E-state index contributed by atoms with van der Waals surface area (Å²) in [5, 5.41) is 2.84. The number of amides is 2. The molecule has 4 heterocycles. The monoisotopic (exact) mass is 509 g/mol. The molecule has 35 heavy (non-hydrogen) atoms. The Kier molecular flexibility index (Phi) is 7.03. The van der Waals surface area contributed by atoms with Crippen molar-refractivity contribution in [2.75, 3.05) is 11.9 Å². The van der Waals surface area contributed by atoms with E-state index in [1.165, 1.54) is 25.1 Å². The molecule has 0 bridgehead atoms. The summed E-state index contributed by atoms with van der Waals surface area (Å²) in [5.74, 6) is -0.360. The Morgan fingerprint density at radius 2 is 2.14 bits per heavy atom. The van der Waals surface area contributed by atoms with Crippen LogP contribution in [-0.4, -0.2) is 44.4 Å². The van der Waals surface area contributed by atoms with Gasteiger partial charge in [-0.25, -0.2) is 9.97 Å². The Labute approximate surface area is 202 Å². The Hall–Kier alpha value is -3.51. The van der Waals surface area contributed by atoms with E-state index in [4.69, 9.17) is 16.0 Å². The second-order valence-electron chi connectivity index (χ2n) is 7.80. The first-order chi connectivity index (χ1) is 16.6. The third-order valence-electron chi connectivity index (χ3n) is 5.35. The van der Waals surface area contributed by atoms with Gasteiger partial charge in [-0.2, -0.15) is 13.2 Å². The average Bonchev–Trinajstić information content (AvgIpc) is 3.42. The van der Waals surface area contributed by atoms with Crippen LogP contribution in [0.5, 0.6) is 0 Å². The second kappa shape index (κ2) is 10.0. The molecule has 1 aliphatic rings. The maximum absolute atomic E-state index is 13.1. The Morgan fingerprint density at radius 1 is 1.34 bits per heavy atom. The third-order valence-corrected chi connectivity index (χ3v) is 5.68. The number of carbonyl (C=O) groups is 2. The molecule has 184 valence electrons. The number of anilines is 1. The number of rotatable bonds is 8. The summed E-state index contributed by atoms with van der Waals surface area (Å²) < 4.78 is 46.3. The minimum Gasteiger partial charge on any atom is -0.451 e. The van der Waals surface area contributed by atoms with E-state index in [0.29, 0.717) is 22.4 Å². The molecule has 0 aromatic carbocycles. The lowest BCUT2D eigenvalue weighted by Gasteiger charge is -2.25. The van der Waals surface area contributed by atoms with Crippen LogP contribution in [0.3, 0.4) is 0 Å². The number of carbonyl (C=O) groups excluding carboxylic acids is 2. The van der Waals surface area contributed by atoms with Crippen molar-refractivity contribution < 1.29 is 31.9 Å². The van der Waals surface area contributed by atoms with E-state index in [2.05, 4.69) is 25.0 Å². The van der Waals surface area contributed by atoms with Gasteiger partial charge >= 0.3 is 6.18 Å². The van der Waals surface area contributed by atoms with Crippen molar-refractivity contribution in [3.63, 3.8) is 0 Å². The molecule has 2 amide bonds. The highest BCUT2D eigenvalue weighted by atomic mass is 35.5. The summed E-state index contributed by atoms with van der Waals surface area (Å²) in [5.41, 5.74) is 2.16. The number of nitrogens with zero attached hydrogens (tertiary/aromatic N) is 4. The number of hydrogen-bond acceptors (Lipinski definition) is 7. The molecule has 0 radical (unpaired) electrons. The van der Waals surface area contributed by atoms with Gasteiger partial charge in [0.15, 0.2) is 6.39 Å². The van der Waals surface area contributed by atoms with Crippen LogP contribution in [0.4, 0.5) is 19.0 Å². The number of alkyl halides is 3. The van der Waals surface area contributed by atoms with Gasteiger partial charge in [-0.15, -0.1) is 0 Å². The van der Waals surface area contributed by atoms with Gasteiger partial charge in [-0.3, -0.25) is 14.6 Å². The van der Waals surface area contributed by atoms with Crippen LogP contribution in [0.2, 0.25) is 5.02 Å². The highest BCUT2D eigenvalue weighted by Crippen LogP contribution is 2.34. The number of fused-ring (bicyclic) bond motifs is 1. The summed E-state index contributed by atoms with van der Waals surface area (Å²) in [7, 11) is 0. The van der Waals surface area contributed by atoms with Gasteiger partial charge in [0.05, 0.1) is 42.0 Å². The van der Waals surface area contributed by atoms with Crippen molar-refractivity contribution in [1.82, 2.24) is 19.9 Å². The zero-order valence-corrected chi connectivity index (χ0v) is 19.1. The number of nitrogens with one attached hydrogen (secondary N) is 1. The summed E-state index contributed by atoms with van der Waals surface area (Å²) in [4.78, 5) is 39.2. The molecule has 1 N–H and O–H groups in total. The minimum atomic E-state index is -4.45. The zero-order chi connectivity index (χ0) is 25.2. The number of halogens is 4. The summed E-state index contributed by atoms with van der Waals surface area (Å²) >= 11 is 6.20. The minimum absolute atomic E-state index is 0.0148. The van der Waals surface area contributed by atoms with Crippen molar-refractivity contribution in [1.29, 1.82) is 0 Å². The van der Waals surface area contributed by atoms with E-state index in [-0.39, 0.29) is 41.3 Å². The quantitative estimate of drug-likeness (QED) is 0.487. The molecule has 0 aliphatic carbocycles. The number of oxazole rings is 1. The standard InChI is InChI=1S/C22H19ClF3N5O4/c1-12(13-4-17(23)18(28-6-13)9-34-10-22(24,25)26)31-7-16-15(21(31)33)2-3-27-20(16)30-19(32)5-14-8-35-11-29-14/h2-4,6,8,11-12H,5,7,9-10H2,1H3,(H,27,30,32). The lowest BCUT2D eigenvalue weighted by Crippen LogP contribution is -2.27. The molecular formula is C22H19ClF3N5O4. The van der Waals surface area contributed by atoms with Crippen molar-refractivity contribution >= 4 is 29.2 Å². The number of hydrogen-bond donors (Lipinski definition) is 1. The normalized spacial score (nSPS) is 14.2. The van der Waals surface area contributed by atoms with Crippen LogP contribution < -0.4 is 5.32 Å². The lowest BCUT2D eigenvalue weighted by molar-refractivity contribution is -0.176. The van der Waals surface area contributed by atoms with Gasteiger partial charge in [0.1, 0.15) is 18.7 Å². The molecule has 13 heteroatoms. The topological polar surface area (TPSA) is 110 Å². The SMILES string of the molecule is CC(c1cnc(COCC(F)(F)F)c(Cl)c1)N1Cc2c(ccnc2NC(=O)Cc2cocn2)C1=O. The highest BCUT2D eigenvalue weighted by molar-refractivity contribution is 6.31. The molecule has 0 spiro atoms. The summed E-state index contributed by atoms with van der Waals surface area (Å²) in [6, 6.07) is 2.65. The van der Waals surface area contributed by atoms with Crippen molar-refractivity contribution in [2.45, 2.75) is 38.7 Å². The van der Waals surface area contributed by atoms with Crippen molar-refractivity contribution in [3.05, 3.63) is 70.3 Å². The lowest BCUT2D eigenvalue weighted by atomic mass is 10.1. The van der Waals surface area contributed by atoms with Gasteiger partial charge in [-0.1, -0.05) is 11.6 Å². The first-order valence-corrected chi connectivity index (χ1v) is 10.7. The second-order valence-corrected chi connectivity index (χ2v) is 8.21. The van der Waals surface area contributed by atoms with Gasteiger partial charge in [0, 0.05) is 23.5 Å². The number of aromatic nitrogens is 3. The van der Waals surface area contributed by atoms with E-state index in [1.54, 1.807) is 24.0 Å². The van der Waals surface area contributed by atoms with Crippen LogP contribution in [0, 0.1) is 0 Å². The molecule has 1 aliphatic heterocycles. The predicted octanol–water partition coefficient (Wildman–Crippen LogP) is 4.10. The van der Waals surface area contributed by atoms with Crippen LogP contribution in [0.25, 0.3) is 0 Å². The Balaban J connectivity index is 1.45. The van der Waals surface area contributed by atoms with Gasteiger partial charge < -0.3 is 19.4 Å². The van der Waals surface area contributed by atoms with E-state index in [1.807, 2.05) is 0 Å². The predicted molar refractivity (Wildman–Crippen MR) is 116 cm³/mol. The van der Waals surface area contributed by atoms with Crippen LogP contribution >= 0.6 is 11.6 Å². The largest absolute Gasteiger partial charge is 0.451 e. The van der Waals surface area contributed by atoms with Crippen LogP contribution in [-0.2, 0) is 29.1 Å². The summed E-state index contributed by atoms with van der Waals surface area (Å²) in [6.45, 7) is 0.142. The molecule has 4 rings (SSSR count). The zero-order valence-electron chi connectivity index (χ0n) is 18.3. The first kappa shape index (κ1) is 24.6.